The Morgan fingerprint density at radius 3 is 2.25 bits per heavy atom. The lowest BCUT2D eigenvalue weighted by Gasteiger charge is -2.41. The molecule has 272 valence electrons. The molecule has 1 heterocycles. The van der Waals surface area contributed by atoms with E-state index < -0.39 is 35.6 Å². The van der Waals surface area contributed by atoms with Crippen LogP contribution in [-0.4, -0.2) is 105 Å². The zero-order valence-electron chi connectivity index (χ0n) is 31.1. The fraction of sp³-hybridized carbons (Fsp3) is 0.730. The van der Waals surface area contributed by atoms with Gasteiger partial charge in [0.2, 0.25) is 23.6 Å². The lowest BCUT2D eigenvalue weighted by atomic mass is 9.88. The number of hydrogen-bond acceptors (Lipinski definition) is 7. The molecule has 11 heteroatoms. The summed E-state index contributed by atoms with van der Waals surface area (Å²) in [6, 6.07) is 8.55. The molecule has 0 radical (unpaired) electrons. The summed E-state index contributed by atoms with van der Waals surface area (Å²) in [5, 5.41) is 5.97. The maximum Gasteiger partial charge on any atom is 0.245 e. The molecule has 1 unspecified atom stereocenters. The average molecular weight is 674 g/mol. The summed E-state index contributed by atoms with van der Waals surface area (Å²) >= 11 is 0. The highest BCUT2D eigenvalue weighted by Crippen LogP contribution is 2.29. The second-order valence-corrected chi connectivity index (χ2v) is 14.4. The number of ether oxygens (including phenoxy) is 2. The van der Waals surface area contributed by atoms with Gasteiger partial charge in [-0.3, -0.25) is 19.2 Å². The van der Waals surface area contributed by atoms with Crippen LogP contribution in [0.1, 0.15) is 79.7 Å². The lowest BCUT2D eigenvalue weighted by molar-refractivity contribution is -0.148. The minimum Gasteiger partial charge on any atom is -0.379 e. The van der Waals surface area contributed by atoms with Crippen LogP contribution in [0.25, 0.3) is 0 Å². The summed E-state index contributed by atoms with van der Waals surface area (Å²) < 4.78 is 11.9. The van der Waals surface area contributed by atoms with Crippen LogP contribution in [0.5, 0.6) is 0 Å². The van der Waals surface area contributed by atoms with Gasteiger partial charge < -0.3 is 35.6 Å². The van der Waals surface area contributed by atoms with Crippen molar-refractivity contribution in [2.24, 2.45) is 28.9 Å². The Morgan fingerprint density at radius 1 is 1.06 bits per heavy atom. The van der Waals surface area contributed by atoms with Gasteiger partial charge in [-0.1, -0.05) is 71.4 Å². The Kier molecular flexibility index (Phi) is 16.5. The Morgan fingerprint density at radius 2 is 1.71 bits per heavy atom. The first-order chi connectivity index (χ1) is 22.6. The second kappa shape index (κ2) is 19.2. The topological polar surface area (TPSA) is 143 Å². The molecule has 0 spiro atoms. The van der Waals surface area contributed by atoms with Crippen molar-refractivity contribution in [2.75, 3.05) is 40.9 Å². The number of likely N-dealkylation sites (N-methyl/N-ethyl adjacent to an activating group) is 1. The second-order valence-electron chi connectivity index (χ2n) is 14.4. The Labute approximate surface area is 289 Å². The molecule has 0 aliphatic carbocycles. The van der Waals surface area contributed by atoms with Crippen LogP contribution < -0.4 is 16.4 Å². The largest absolute Gasteiger partial charge is 0.379 e. The first kappa shape index (κ1) is 41.2. The van der Waals surface area contributed by atoms with Crippen LogP contribution in [0.3, 0.4) is 0 Å². The van der Waals surface area contributed by atoms with E-state index in [1.807, 2.05) is 69.9 Å². The molecular formula is C37H63N5O6. The maximum atomic E-state index is 14.0. The quantitative estimate of drug-likeness (QED) is 0.204. The third-order valence-electron chi connectivity index (χ3n) is 10.2. The SMILES string of the molecule is CC[C@H](C)[C@@H]([C@@H](CC(=O)N1CCCC1[C@H](OC)[C@@H](C)C(=O)NCCc1ccccc1)OC)N(C)C(=O)[C@@H](NC(=O)C(C)(C)CN)C(C)C. The highest BCUT2D eigenvalue weighted by Gasteiger charge is 2.43. The molecule has 0 bridgehead atoms. The van der Waals surface area contributed by atoms with Gasteiger partial charge >= 0.3 is 0 Å². The van der Waals surface area contributed by atoms with E-state index in [0.717, 1.165) is 31.2 Å². The molecule has 0 saturated carbocycles. The fourth-order valence-corrected chi connectivity index (χ4v) is 6.60. The molecule has 1 aromatic carbocycles. The molecule has 48 heavy (non-hydrogen) atoms. The number of carbonyl (C=O) groups excluding carboxylic acids is 4. The zero-order valence-corrected chi connectivity index (χ0v) is 31.1. The van der Waals surface area contributed by atoms with Crippen molar-refractivity contribution in [2.45, 2.75) is 111 Å². The van der Waals surface area contributed by atoms with E-state index in [1.54, 1.807) is 40.0 Å². The number of rotatable bonds is 19. The van der Waals surface area contributed by atoms with E-state index in [2.05, 4.69) is 10.6 Å². The van der Waals surface area contributed by atoms with E-state index in [1.165, 1.54) is 0 Å². The van der Waals surface area contributed by atoms with Gasteiger partial charge in [-0.25, -0.2) is 0 Å². The van der Waals surface area contributed by atoms with Crippen LogP contribution >= 0.6 is 0 Å². The van der Waals surface area contributed by atoms with Crippen molar-refractivity contribution in [1.29, 1.82) is 0 Å². The van der Waals surface area contributed by atoms with Crippen LogP contribution in [0.15, 0.2) is 30.3 Å². The van der Waals surface area contributed by atoms with Crippen molar-refractivity contribution >= 4 is 23.6 Å². The number of benzene rings is 1. The van der Waals surface area contributed by atoms with Crippen molar-refractivity contribution in [1.82, 2.24) is 20.4 Å². The van der Waals surface area contributed by atoms with Crippen molar-refractivity contribution < 1.29 is 28.7 Å². The number of hydrogen-bond donors (Lipinski definition) is 3. The van der Waals surface area contributed by atoms with E-state index in [9.17, 15) is 19.2 Å². The molecule has 1 fully saturated rings. The minimum atomic E-state index is -0.823. The highest BCUT2D eigenvalue weighted by atomic mass is 16.5. The molecule has 1 aromatic rings. The van der Waals surface area contributed by atoms with Gasteiger partial charge in [-0.05, 0) is 50.5 Å². The van der Waals surface area contributed by atoms with Crippen molar-refractivity contribution in [3.8, 4) is 0 Å². The van der Waals surface area contributed by atoms with Gasteiger partial charge in [0.25, 0.3) is 0 Å². The van der Waals surface area contributed by atoms with E-state index in [0.29, 0.717) is 13.1 Å². The van der Waals surface area contributed by atoms with Gasteiger partial charge in [-0.15, -0.1) is 0 Å². The summed E-state index contributed by atoms with van der Waals surface area (Å²) in [4.78, 5) is 57.7. The number of nitrogens with one attached hydrogen (secondary N) is 2. The summed E-state index contributed by atoms with van der Waals surface area (Å²) in [7, 11) is 4.89. The van der Waals surface area contributed by atoms with Gasteiger partial charge in [0.15, 0.2) is 0 Å². The van der Waals surface area contributed by atoms with Crippen LogP contribution in [0.2, 0.25) is 0 Å². The predicted molar refractivity (Wildman–Crippen MR) is 189 cm³/mol. The summed E-state index contributed by atoms with van der Waals surface area (Å²) in [6.07, 6.45) is 2.01. The molecule has 4 amide bonds. The Bertz CT molecular complexity index is 1180. The van der Waals surface area contributed by atoms with Gasteiger partial charge in [0, 0.05) is 40.9 Å². The fourth-order valence-electron chi connectivity index (χ4n) is 6.60. The lowest BCUT2D eigenvalue weighted by Crippen LogP contribution is -2.59. The average Bonchev–Trinajstić information content (AvgIpc) is 3.56. The molecule has 1 aliphatic heterocycles. The number of likely N-dealkylation sites (tertiary alicyclic amines) is 1. The van der Waals surface area contributed by atoms with E-state index in [-0.39, 0.29) is 54.5 Å². The standard InChI is InChI=1S/C37H63N5O6/c1-11-25(4)32(41(8)35(45)31(24(2)3)40-36(46)37(6,7)23-38)29(47-9)22-30(43)42-21-15-18-28(42)33(48-10)26(5)34(44)39-20-19-27-16-13-12-14-17-27/h12-14,16-17,24-26,28-29,31-33H,11,15,18-23,38H2,1-10H3,(H,39,44)(H,40,46)/t25-,26+,28?,29+,31-,32-,33+/m0/s1. The number of nitrogens with two attached hydrogens (primary N) is 1. The highest BCUT2D eigenvalue weighted by molar-refractivity contribution is 5.90. The molecular weight excluding hydrogens is 610 g/mol. The summed E-state index contributed by atoms with van der Waals surface area (Å²) in [6.45, 7) is 14.5. The molecule has 11 nitrogen and oxygen atoms in total. The Balaban J connectivity index is 2.20. The van der Waals surface area contributed by atoms with E-state index in [4.69, 9.17) is 15.2 Å². The normalized spacial score (nSPS) is 18.8. The van der Waals surface area contributed by atoms with Gasteiger partial charge in [0.1, 0.15) is 6.04 Å². The minimum absolute atomic E-state index is 0.00130. The summed E-state index contributed by atoms with van der Waals surface area (Å²) in [5.74, 6) is -1.37. The number of nitrogens with zero attached hydrogens (tertiary/aromatic N) is 2. The zero-order chi connectivity index (χ0) is 36.2. The summed E-state index contributed by atoms with van der Waals surface area (Å²) in [5.41, 5.74) is 6.16. The maximum absolute atomic E-state index is 14.0. The number of carbonyl (C=O) groups is 4. The first-order valence-corrected chi connectivity index (χ1v) is 17.6. The molecule has 7 atom stereocenters. The van der Waals surface area contributed by atoms with Crippen molar-refractivity contribution in [3.63, 3.8) is 0 Å². The number of methoxy groups -OCH3 is 2. The molecule has 2 rings (SSSR count). The third-order valence-corrected chi connectivity index (χ3v) is 10.2. The van der Waals surface area contributed by atoms with Crippen LogP contribution in [0.4, 0.5) is 0 Å². The number of amides is 4. The Hall–Kier alpha value is -3.02. The van der Waals surface area contributed by atoms with Gasteiger partial charge in [-0.2, -0.15) is 0 Å². The third kappa shape index (κ3) is 10.7. The monoisotopic (exact) mass is 673 g/mol. The molecule has 4 N–H and O–H groups in total. The smallest absolute Gasteiger partial charge is 0.245 e. The molecule has 1 saturated heterocycles. The predicted octanol–water partition coefficient (Wildman–Crippen LogP) is 3.39. The molecule has 1 aliphatic rings. The van der Waals surface area contributed by atoms with Crippen molar-refractivity contribution in [3.05, 3.63) is 35.9 Å². The van der Waals surface area contributed by atoms with Gasteiger partial charge in [0.05, 0.1) is 42.0 Å². The van der Waals surface area contributed by atoms with Crippen LogP contribution in [0, 0.1) is 23.2 Å². The molecule has 0 aromatic heterocycles. The first-order valence-electron chi connectivity index (χ1n) is 17.6. The van der Waals surface area contributed by atoms with E-state index >= 15 is 0 Å². The van der Waals surface area contributed by atoms with Crippen LogP contribution in [-0.2, 0) is 35.1 Å².